The van der Waals surface area contributed by atoms with Crippen LogP contribution < -0.4 is 4.74 Å². The Labute approximate surface area is 119 Å². The third-order valence-corrected chi connectivity index (χ3v) is 4.05. The van der Waals surface area contributed by atoms with Crippen LogP contribution >= 0.6 is 0 Å². The molecule has 1 aromatic heterocycles. The minimum Gasteiger partial charge on any atom is -0.493 e. The number of para-hydroxylation sites is 1. The van der Waals surface area contributed by atoms with Crippen LogP contribution in [-0.2, 0) is 13.5 Å². The maximum Gasteiger partial charge on any atom is 0.122 e. The van der Waals surface area contributed by atoms with Crippen molar-refractivity contribution in [3.8, 4) is 5.75 Å². The van der Waals surface area contributed by atoms with Crippen molar-refractivity contribution in [2.24, 2.45) is 7.05 Å². The predicted molar refractivity (Wildman–Crippen MR) is 76.8 cm³/mol. The number of imidazole rings is 1. The van der Waals surface area contributed by atoms with Crippen molar-refractivity contribution in [2.45, 2.75) is 31.3 Å². The fourth-order valence-electron chi connectivity index (χ4n) is 2.88. The van der Waals surface area contributed by atoms with E-state index in [4.69, 9.17) is 4.74 Å². The van der Waals surface area contributed by atoms with Gasteiger partial charge in [-0.3, -0.25) is 0 Å². The minimum absolute atomic E-state index is 0.167. The second kappa shape index (κ2) is 5.67. The van der Waals surface area contributed by atoms with Gasteiger partial charge < -0.3 is 14.4 Å². The van der Waals surface area contributed by atoms with E-state index in [2.05, 4.69) is 11.1 Å². The molecule has 0 bridgehead atoms. The first kappa shape index (κ1) is 13.2. The lowest BCUT2D eigenvalue weighted by molar-refractivity contribution is 0.108. The van der Waals surface area contributed by atoms with Gasteiger partial charge in [0.15, 0.2) is 0 Å². The minimum atomic E-state index is -0.350. The fraction of sp³-hybridized carbons (Fsp3) is 0.438. The van der Waals surface area contributed by atoms with E-state index in [1.807, 2.05) is 36.0 Å². The van der Waals surface area contributed by atoms with E-state index in [9.17, 15) is 5.11 Å². The first-order valence-corrected chi connectivity index (χ1v) is 7.11. The molecule has 1 aromatic carbocycles. The van der Waals surface area contributed by atoms with Crippen LogP contribution in [0, 0.1) is 0 Å². The van der Waals surface area contributed by atoms with Crippen molar-refractivity contribution in [1.82, 2.24) is 9.55 Å². The van der Waals surface area contributed by atoms with Gasteiger partial charge in [-0.2, -0.15) is 0 Å². The molecule has 2 unspecified atom stereocenters. The number of ether oxygens (including phenoxy) is 1. The van der Waals surface area contributed by atoms with Crippen LogP contribution in [0.15, 0.2) is 36.7 Å². The predicted octanol–water partition coefficient (Wildman–Crippen LogP) is 2.28. The Morgan fingerprint density at radius 2 is 2.30 bits per heavy atom. The van der Waals surface area contributed by atoms with Crippen molar-refractivity contribution in [2.75, 3.05) is 6.61 Å². The lowest BCUT2D eigenvalue weighted by Gasteiger charge is -2.29. The van der Waals surface area contributed by atoms with E-state index < -0.39 is 0 Å². The average molecular weight is 272 g/mol. The number of fused-ring (bicyclic) bond motifs is 1. The van der Waals surface area contributed by atoms with Crippen molar-refractivity contribution >= 4 is 0 Å². The standard InChI is InChI=1S/C16H20N2O2/c1-18-10-9-17-16(18)7-6-14(19)12-8-11-20-15-5-3-2-4-13(12)15/h2-5,9-10,12,14,19H,6-8,11H2,1H3. The van der Waals surface area contributed by atoms with Crippen molar-refractivity contribution in [3.05, 3.63) is 48.0 Å². The van der Waals surface area contributed by atoms with E-state index in [1.54, 1.807) is 6.20 Å². The van der Waals surface area contributed by atoms with Crippen LogP contribution in [0.25, 0.3) is 0 Å². The number of hydrogen-bond donors (Lipinski definition) is 1. The molecule has 2 heterocycles. The van der Waals surface area contributed by atoms with Crippen LogP contribution in [0.5, 0.6) is 5.75 Å². The summed E-state index contributed by atoms with van der Waals surface area (Å²) in [5.41, 5.74) is 1.13. The largest absolute Gasteiger partial charge is 0.493 e. The lowest BCUT2D eigenvalue weighted by Crippen LogP contribution is -2.25. The number of aliphatic hydroxyl groups excluding tert-OH is 1. The first-order chi connectivity index (χ1) is 9.75. The molecule has 0 aliphatic carbocycles. The highest BCUT2D eigenvalue weighted by molar-refractivity contribution is 5.38. The molecule has 1 aliphatic rings. The molecule has 0 saturated heterocycles. The SMILES string of the molecule is Cn1ccnc1CCC(O)C1CCOc2ccccc21. The Bertz CT molecular complexity index is 579. The smallest absolute Gasteiger partial charge is 0.122 e. The van der Waals surface area contributed by atoms with Crippen LogP contribution in [0.3, 0.4) is 0 Å². The molecule has 1 aliphatic heterocycles. The molecular formula is C16H20N2O2. The van der Waals surface area contributed by atoms with Crippen LogP contribution in [0.4, 0.5) is 0 Å². The van der Waals surface area contributed by atoms with Crippen LogP contribution in [0.2, 0.25) is 0 Å². The number of aryl methyl sites for hydroxylation is 2. The summed E-state index contributed by atoms with van der Waals surface area (Å²) in [6.45, 7) is 0.682. The molecule has 0 radical (unpaired) electrons. The highest BCUT2D eigenvalue weighted by Gasteiger charge is 2.27. The summed E-state index contributed by atoms with van der Waals surface area (Å²) in [7, 11) is 1.98. The molecule has 2 aromatic rings. The molecule has 4 heteroatoms. The second-order valence-corrected chi connectivity index (χ2v) is 5.34. The summed E-state index contributed by atoms with van der Waals surface area (Å²) in [4.78, 5) is 4.30. The van der Waals surface area contributed by atoms with Gasteiger partial charge in [-0.1, -0.05) is 18.2 Å². The zero-order chi connectivity index (χ0) is 13.9. The van der Waals surface area contributed by atoms with E-state index in [-0.39, 0.29) is 12.0 Å². The van der Waals surface area contributed by atoms with Gasteiger partial charge in [-0.05, 0) is 24.5 Å². The topological polar surface area (TPSA) is 47.3 Å². The zero-order valence-electron chi connectivity index (χ0n) is 11.7. The van der Waals surface area contributed by atoms with Crippen molar-refractivity contribution in [3.63, 3.8) is 0 Å². The Morgan fingerprint density at radius 1 is 1.45 bits per heavy atom. The van der Waals surface area contributed by atoms with E-state index in [0.29, 0.717) is 6.61 Å². The molecule has 4 nitrogen and oxygen atoms in total. The number of benzene rings is 1. The van der Waals surface area contributed by atoms with Gasteiger partial charge in [-0.25, -0.2) is 4.98 Å². The average Bonchev–Trinajstić information content (AvgIpc) is 2.89. The number of aromatic nitrogens is 2. The van der Waals surface area contributed by atoms with Gasteiger partial charge in [0.05, 0.1) is 12.7 Å². The molecule has 3 rings (SSSR count). The van der Waals surface area contributed by atoms with E-state index in [1.165, 1.54) is 0 Å². The fourth-order valence-corrected chi connectivity index (χ4v) is 2.88. The van der Waals surface area contributed by atoms with E-state index >= 15 is 0 Å². The first-order valence-electron chi connectivity index (χ1n) is 7.11. The van der Waals surface area contributed by atoms with Gasteiger partial charge in [0.2, 0.25) is 0 Å². The summed E-state index contributed by atoms with van der Waals surface area (Å²) >= 11 is 0. The second-order valence-electron chi connectivity index (χ2n) is 5.34. The van der Waals surface area contributed by atoms with Crippen LogP contribution in [0.1, 0.15) is 30.1 Å². The van der Waals surface area contributed by atoms with E-state index in [0.717, 1.165) is 36.4 Å². The third-order valence-electron chi connectivity index (χ3n) is 4.05. The maximum atomic E-state index is 10.5. The van der Waals surface area contributed by atoms with Gasteiger partial charge >= 0.3 is 0 Å². The molecular weight excluding hydrogens is 252 g/mol. The molecule has 2 atom stereocenters. The zero-order valence-corrected chi connectivity index (χ0v) is 11.7. The maximum absolute atomic E-state index is 10.5. The Morgan fingerprint density at radius 3 is 3.10 bits per heavy atom. The van der Waals surface area contributed by atoms with Gasteiger partial charge in [0.1, 0.15) is 11.6 Å². The molecule has 1 N–H and O–H groups in total. The molecule has 0 saturated carbocycles. The highest BCUT2D eigenvalue weighted by atomic mass is 16.5. The van der Waals surface area contributed by atoms with Crippen LogP contribution in [-0.4, -0.2) is 27.4 Å². The number of aliphatic hydroxyl groups is 1. The molecule has 106 valence electrons. The third kappa shape index (κ3) is 2.56. The highest BCUT2D eigenvalue weighted by Crippen LogP contribution is 2.36. The summed E-state index contributed by atoms with van der Waals surface area (Å²) < 4.78 is 7.65. The monoisotopic (exact) mass is 272 g/mol. The van der Waals surface area contributed by atoms with Gasteiger partial charge in [-0.15, -0.1) is 0 Å². The number of rotatable bonds is 4. The quantitative estimate of drug-likeness (QED) is 0.929. The lowest BCUT2D eigenvalue weighted by atomic mass is 9.86. The number of nitrogens with zero attached hydrogens (tertiary/aromatic N) is 2. The Kier molecular flexibility index (Phi) is 3.74. The molecule has 0 amide bonds. The van der Waals surface area contributed by atoms with Gasteiger partial charge in [0.25, 0.3) is 0 Å². The van der Waals surface area contributed by atoms with Gasteiger partial charge in [0, 0.05) is 31.8 Å². The summed E-state index contributed by atoms with van der Waals surface area (Å²) in [6, 6.07) is 8.02. The molecule has 0 spiro atoms. The summed E-state index contributed by atoms with van der Waals surface area (Å²) in [5, 5.41) is 10.5. The van der Waals surface area contributed by atoms with Crippen molar-refractivity contribution < 1.29 is 9.84 Å². The summed E-state index contributed by atoms with van der Waals surface area (Å²) in [5.74, 6) is 2.10. The Balaban J connectivity index is 1.69. The Hall–Kier alpha value is -1.81. The molecule has 0 fully saturated rings. The molecule has 20 heavy (non-hydrogen) atoms. The summed E-state index contributed by atoms with van der Waals surface area (Å²) in [6.07, 6.45) is 5.78. The normalized spacial score (nSPS) is 19.2. The van der Waals surface area contributed by atoms with Crippen molar-refractivity contribution in [1.29, 1.82) is 0 Å². The number of hydrogen-bond acceptors (Lipinski definition) is 3.